The van der Waals surface area contributed by atoms with E-state index < -0.39 is 0 Å². The fourth-order valence-electron chi connectivity index (χ4n) is 0.940. The van der Waals surface area contributed by atoms with Gasteiger partial charge in [-0.2, -0.15) is 0 Å². The molecule has 0 heterocycles. The maximum Gasteiger partial charge on any atom is 0.0838 e. The lowest BCUT2D eigenvalue weighted by Gasteiger charge is -2.01. The Hall–Kier alpha value is -1.46. The van der Waals surface area contributed by atoms with Crippen molar-refractivity contribution in [3.63, 3.8) is 0 Å². The fourth-order valence-corrected chi connectivity index (χ4v) is 0.940. The Morgan fingerprint density at radius 1 is 1.36 bits per heavy atom. The van der Waals surface area contributed by atoms with E-state index in [1.54, 1.807) is 0 Å². The molecule has 0 aromatic heterocycles. The van der Waals surface area contributed by atoms with Crippen molar-refractivity contribution in [2.24, 2.45) is 0 Å². The highest BCUT2D eigenvalue weighted by Gasteiger charge is 1.93. The van der Waals surface area contributed by atoms with E-state index in [9.17, 15) is 0 Å². The molecule has 0 saturated heterocycles. The van der Waals surface area contributed by atoms with E-state index in [-0.39, 0.29) is 0 Å². The summed E-state index contributed by atoms with van der Waals surface area (Å²) in [5.41, 5.74) is 4.88. The van der Waals surface area contributed by atoms with Gasteiger partial charge in [-0.25, -0.2) is 0 Å². The molecule has 1 nitrogen and oxygen atoms in total. The number of hydrogen-bond acceptors (Lipinski definition) is 1. The topological polar surface area (TPSA) is 12.0 Å². The Morgan fingerprint density at radius 3 is 2.45 bits per heavy atom. The van der Waals surface area contributed by atoms with E-state index in [4.69, 9.17) is 0 Å². The first-order chi connectivity index (χ1) is 5.38. The average molecular weight is 145 g/mol. The van der Waals surface area contributed by atoms with Crippen LogP contribution < -0.4 is 5.32 Å². The molecule has 0 amide bonds. The Kier molecular flexibility index (Phi) is 2.53. The monoisotopic (exact) mass is 145 g/mol. The van der Waals surface area contributed by atoms with Gasteiger partial charge in [-0.3, -0.25) is 0 Å². The number of benzene rings is 1. The molecule has 56 valence electrons. The zero-order valence-corrected chi connectivity index (χ0v) is 6.59. The molecule has 0 saturated carbocycles. The Morgan fingerprint density at radius 2 is 2.00 bits per heavy atom. The summed E-state index contributed by atoms with van der Waals surface area (Å²) in [5, 5.41) is 3.01. The van der Waals surface area contributed by atoms with Crippen molar-refractivity contribution in [3.8, 4) is 0 Å². The lowest BCUT2D eigenvalue weighted by Crippen LogP contribution is -2.02. The largest absolute Gasteiger partial charge is 0.381 e. The lowest BCUT2D eigenvalue weighted by molar-refractivity contribution is 1.13. The Labute approximate surface area is 67.1 Å². The average Bonchev–Trinajstić information content (AvgIpc) is 2.09. The molecular formula is C10H11N. The van der Waals surface area contributed by atoms with Crippen molar-refractivity contribution in [3.05, 3.63) is 48.2 Å². The molecule has 0 bridgehead atoms. The third kappa shape index (κ3) is 1.73. The summed E-state index contributed by atoms with van der Waals surface area (Å²) in [6.45, 7) is 3.58. The molecule has 1 rings (SSSR count). The van der Waals surface area contributed by atoms with Gasteiger partial charge in [-0.15, -0.1) is 5.73 Å². The van der Waals surface area contributed by atoms with Gasteiger partial charge < -0.3 is 5.32 Å². The molecule has 0 spiro atoms. The highest BCUT2D eigenvalue weighted by atomic mass is 14.8. The SMILES string of the molecule is C=C=C(NC)c1ccccc1. The molecule has 0 aliphatic rings. The molecule has 0 radical (unpaired) electrons. The van der Waals surface area contributed by atoms with Gasteiger partial charge in [0.15, 0.2) is 0 Å². The van der Waals surface area contributed by atoms with Crippen LogP contribution in [-0.2, 0) is 0 Å². The predicted molar refractivity (Wildman–Crippen MR) is 48.0 cm³/mol. The summed E-state index contributed by atoms with van der Waals surface area (Å²) in [6, 6.07) is 10.0. The minimum atomic E-state index is 0.936. The second-order valence-corrected chi connectivity index (χ2v) is 2.17. The molecular weight excluding hydrogens is 134 g/mol. The van der Waals surface area contributed by atoms with Gasteiger partial charge in [0.05, 0.1) is 5.70 Å². The predicted octanol–water partition coefficient (Wildman–Crippen LogP) is 2.03. The van der Waals surface area contributed by atoms with Crippen molar-refractivity contribution < 1.29 is 0 Å². The minimum Gasteiger partial charge on any atom is -0.381 e. The van der Waals surface area contributed by atoms with E-state index >= 15 is 0 Å². The van der Waals surface area contributed by atoms with Gasteiger partial charge in [-0.1, -0.05) is 36.9 Å². The van der Waals surface area contributed by atoms with Gasteiger partial charge in [0.25, 0.3) is 0 Å². The van der Waals surface area contributed by atoms with Gasteiger partial charge in [0.2, 0.25) is 0 Å². The lowest BCUT2D eigenvalue weighted by atomic mass is 10.2. The standard InChI is InChI=1S/C10H11N/c1-3-10(11-2)9-7-5-4-6-8-9/h4-8,11H,1H2,2H3. The molecule has 1 N–H and O–H groups in total. The maximum absolute atomic E-state index is 3.58. The molecule has 0 aliphatic carbocycles. The Bertz CT molecular complexity index is 268. The minimum absolute atomic E-state index is 0.936. The Balaban J connectivity index is 3.02. The number of nitrogens with one attached hydrogen (secondary N) is 1. The third-order valence-electron chi connectivity index (χ3n) is 1.49. The first kappa shape index (κ1) is 7.64. The molecule has 1 aromatic rings. The van der Waals surface area contributed by atoms with Crippen molar-refractivity contribution in [1.29, 1.82) is 0 Å². The summed E-state index contributed by atoms with van der Waals surface area (Å²) in [6.07, 6.45) is 0. The van der Waals surface area contributed by atoms with E-state index in [1.165, 1.54) is 0 Å². The summed E-state index contributed by atoms with van der Waals surface area (Å²) in [4.78, 5) is 0. The van der Waals surface area contributed by atoms with Crippen LogP contribution >= 0.6 is 0 Å². The quantitative estimate of drug-likeness (QED) is 0.628. The van der Waals surface area contributed by atoms with Crippen LogP contribution in [0.4, 0.5) is 0 Å². The maximum atomic E-state index is 3.58. The van der Waals surface area contributed by atoms with Crippen molar-refractivity contribution in [2.75, 3.05) is 7.05 Å². The first-order valence-corrected chi connectivity index (χ1v) is 3.51. The molecule has 0 fully saturated rings. The second-order valence-electron chi connectivity index (χ2n) is 2.17. The molecule has 0 atom stereocenters. The van der Waals surface area contributed by atoms with Crippen LogP contribution in [0.3, 0.4) is 0 Å². The van der Waals surface area contributed by atoms with Crippen LogP contribution in [-0.4, -0.2) is 7.05 Å². The van der Waals surface area contributed by atoms with Crippen LogP contribution in [0, 0.1) is 0 Å². The normalized spacial score (nSPS) is 8.45. The fraction of sp³-hybridized carbons (Fsp3) is 0.100. The van der Waals surface area contributed by atoms with E-state index in [1.807, 2.05) is 37.4 Å². The smallest absolute Gasteiger partial charge is 0.0838 e. The van der Waals surface area contributed by atoms with Crippen molar-refractivity contribution in [2.45, 2.75) is 0 Å². The second kappa shape index (κ2) is 3.65. The molecule has 1 aromatic carbocycles. The summed E-state index contributed by atoms with van der Waals surface area (Å²) < 4.78 is 0. The molecule has 0 unspecified atom stereocenters. The van der Waals surface area contributed by atoms with Gasteiger partial charge in [0.1, 0.15) is 0 Å². The number of rotatable bonds is 2. The summed E-state index contributed by atoms with van der Waals surface area (Å²) in [5.74, 6) is 0. The third-order valence-corrected chi connectivity index (χ3v) is 1.49. The van der Waals surface area contributed by atoms with Crippen LogP contribution in [0.15, 0.2) is 42.6 Å². The molecule has 0 aliphatic heterocycles. The molecule has 11 heavy (non-hydrogen) atoms. The van der Waals surface area contributed by atoms with Gasteiger partial charge in [0, 0.05) is 12.6 Å². The zero-order valence-electron chi connectivity index (χ0n) is 6.59. The number of hydrogen-bond donors (Lipinski definition) is 1. The summed E-state index contributed by atoms with van der Waals surface area (Å²) >= 11 is 0. The van der Waals surface area contributed by atoms with Crippen LogP contribution in [0.5, 0.6) is 0 Å². The van der Waals surface area contributed by atoms with E-state index in [0.717, 1.165) is 11.3 Å². The zero-order chi connectivity index (χ0) is 8.10. The van der Waals surface area contributed by atoms with Crippen molar-refractivity contribution >= 4 is 5.70 Å². The van der Waals surface area contributed by atoms with Gasteiger partial charge in [-0.05, 0) is 0 Å². The van der Waals surface area contributed by atoms with E-state index in [0.29, 0.717) is 0 Å². The highest BCUT2D eigenvalue weighted by molar-refractivity contribution is 5.62. The van der Waals surface area contributed by atoms with Crippen LogP contribution in [0.25, 0.3) is 5.70 Å². The van der Waals surface area contributed by atoms with Crippen LogP contribution in [0.2, 0.25) is 0 Å². The van der Waals surface area contributed by atoms with Crippen LogP contribution in [0.1, 0.15) is 5.56 Å². The van der Waals surface area contributed by atoms with Gasteiger partial charge >= 0.3 is 0 Å². The highest BCUT2D eigenvalue weighted by Crippen LogP contribution is 2.07. The summed E-state index contributed by atoms with van der Waals surface area (Å²) in [7, 11) is 1.86. The van der Waals surface area contributed by atoms with Crippen molar-refractivity contribution in [1.82, 2.24) is 5.32 Å². The first-order valence-electron chi connectivity index (χ1n) is 3.51. The van der Waals surface area contributed by atoms with E-state index in [2.05, 4.69) is 17.6 Å². The molecule has 1 heteroatoms.